The number of carbonyl (C=O) groups is 1. The first kappa shape index (κ1) is 21.4. The Kier molecular flexibility index (Phi) is 5.72. The molecule has 4 aromatic rings. The molecule has 0 saturated heterocycles. The van der Waals surface area contributed by atoms with Gasteiger partial charge in [0.2, 0.25) is 0 Å². The molecule has 7 nitrogen and oxygen atoms in total. The summed E-state index contributed by atoms with van der Waals surface area (Å²) in [5, 5.41) is 17.6. The maximum atomic E-state index is 13.2. The Labute approximate surface area is 193 Å². The summed E-state index contributed by atoms with van der Waals surface area (Å²) < 4.78 is 3.78. The highest BCUT2D eigenvalue weighted by Gasteiger charge is 2.26. The van der Waals surface area contributed by atoms with Gasteiger partial charge in [-0.25, -0.2) is 4.98 Å². The number of amides is 1. The molecule has 2 atom stereocenters. The molecule has 0 radical (unpaired) electrons. The van der Waals surface area contributed by atoms with E-state index in [1.807, 2.05) is 36.1 Å². The average Bonchev–Trinajstić information content (AvgIpc) is 3.47. The van der Waals surface area contributed by atoms with E-state index in [4.69, 9.17) is 0 Å². The lowest BCUT2D eigenvalue weighted by atomic mass is 9.92. The van der Waals surface area contributed by atoms with Gasteiger partial charge in [0.05, 0.1) is 23.9 Å². The lowest BCUT2D eigenvalue weighted by Crippen LogP contribution is -2.45. The van der Waals surface area contributed by atoms with Gasteiger partial charge in [-0.05, 0) is 48.9 Å². The smallest absolute Gasteiger partial charge is 0.255 e. The van der Waals surface area contributed by atoms with Gasteiger partial charge in [0, 0.05) is 36.9 Å². The second-order valence-electron chi connectivity index (χ2n) is 9.00. The number of carbonyl (C=O) groups excluding carboxylic acids is 1. The molecule has 1 aromatic carbocycles. The highest BCUT2D eigenvalue weighted by atomic mass is 16.3. The van der Waals surface area contributed by atoms with Crippen LogP contribution >= 0.6 is 0 Å². The van der Waals surface area contributed by atoms with E-state index in [0.29, 0.717) is 17.6 Å². The molecule has 3 aromatic heterocycles. The standard InChI is InChI=1S/C26H29N5O2/c1-17-20(13-18-7-9-19(10-8-18)21-15-28-30(2)16-21)14-22(25-27-11-12-31(17)25)26(33)29-23-5-3-4-6-24(23)32/h7-12,14-16,23-24,32H,3-6,13H2,1-2H3,(H,29,33)/t23-,24-/m0/s1. The minimum absolute atomic E-state index is 0.176. The van der Waals surface area contributed by atoms with Crippen LogP contribution < -0.4 is 5.32 Å². The van der Waals surface area contributed by atoms with Crippen LogP contribution in [0.1, 0.15) is 52.9 Å². The number of nitrogens with zero attached hydrogens (tertiary/aromatic N) is 4. The van der Waals surface area contributed by atoms with E-state index in [-0.39, 0.29) is 11.9 Å². The number of hydrogen-bond donors (Lipinski definition) is 2. The van der Waals surface area contributed by atoms with Gasteiger partial charge < -0.3 is 14.8 Å². The largest absolute Gasteiger partial charge is 0.391 e. The third-order valence-electron chi connectivity index (χ3n) is 6.70. The normalized spacial score (nSPS) is 18.5. The Balaban J connectivity index is 1.42. The van der Waals surface area contributed by atoms with Crippen LogP contribution in [0.4, 0.5) is 0 Å². The fraction of sp³-hybridized carbons (Fsp3) is 0.346. The van der Waals surface area contributed by atoms with Crippen molar-refractivity contribution in [3.63, 3.8) is 0 Å². The molecule has 3 heterocycles. The highest BCUT2D eigenvalue weighted by Crippen LogP contribution is 2.24. The maximum absolute atomic E-state index is 13.2. The summed E-state index contributed by atoms with van der Waals surface area (Å²) >= 11 is 0. The molecule has 2 N–H and O–H groups in total. The second-order valence-corrected chi connectivity index (χ2v) is 9.00. The van der Waals surface area contributed by atoms with E-state index >= 15 is 0 Å². The van der Waals surface area contributed by atoms with E-state index in [9.17, 15) is 9.90 Å². The quantitative estimate of drug-likeness (QED) is 0.493. The first-order chi connectivity index (χ1) is 16.0. The first-order valence-electron chi connectivity index (χ1n) is 11.5. The van der Waals surface area contributed by atoms with Crippen molar-refractivity contribution in [3.05, 3.63) is 77.5 Å². The van der Waals surface area contributed by atoms with Gasteiger partial charge in [0.15, 0.2) is 0 Å². The number of nitrogens with one attached hydrogen (secondary N) is 1. The van der Waals surface area contributed by atoms with Gasteiger partial charge in [0.1, 0.15) is 5.65 Å². The zero-order chi connectivity index (χ0) is 22.9. The monoisotopic (exact) mass is 443 g/mol. The van der Waals surface area contributed by atoms with E-state index in [0.717, 1.165) is 48.1 Å². The predicted molar refractivity (Wildman–Crippen MR) is 127 cm³/mol. The molecule has 1 aliphatic rings. The van der Waals surface area contributed by atoms with E-state index in [1.165, 1.54) is 5.56 Å². The van der Waals surface area contributed by atoms with Gasteiger partial charge >= 0.3 is 0 Å². The van der Waals surface area contributed by atoms with Gasteiger partial charge in [-0.3, -0.25) is 9.48 Å². The van der Waals surface area contributed by atoms with Crippen LogP contribution in [-0.4, -0.2) is 42.3 Å². The first-order valence-corrected chi connectivity index (χ1v) is 11.5. The molecule has 1 amide bonds. The third-order valence-corrected chi connectivity index (χ3v) is 6.70. The summed E-state index contributed by atoms with van der Waals surface area (Å²) in [5.74, 6) is -0.176. The van der Waals surface area contributed by atoms with E-state index in [1.54, 1.807) is 10.9 Å². The fourth-order valence-corrected chi connectivity index (χ4v) is 4.75. The Bertz CT molecular complexity index is 1290. The SMILES string of the molecule is Cc1c(Cc2ccc(-c3cnn(C)c3)cc2)cc(C(=O)N[C@H]2CCCC[C@@H]2O)c2nccn12. The summed E-state index contributed by atoms with van der Waals surface area (Å²) in [4.78, 5) is 17.6. The number of pyridine rings is 1. The third kappa shape index (κ3) is 4.28. The van der Waals surface area contributed by atoms with Crippen LogP contribution in [0.25, 0.3) is 16.8 Å². The molecule has 0 bridgehead atoms. The highest BCUT2D eigenvalue weighted by molar-refractivity contribution is 6.00. The van der Waals surface area contributed by atoms with Gasteiger partial charge in [-0.15, -0.1) is 0 Å². The number of aryl methyl sites for hydroxylation is 2. The lowest BCUT2D eigenvalue weighted by Gasteiger charge is -2.28. The topological polar surface area (TPSA) is 84.5 Å². The second kappa shape index (κ2) is 8.83. The van der Waals surface area contributed by atoms with Crippen LogP contribution in [0.5, 0.6) is 0 Å². The number of imidazole rings is 1. The fourth-order valence-electron chi connectivity index (χ4n) is 4.75. The van der Waals surface area contributed by atoms with Crippen LogP contribution in [0, 0.1) is 6.92 Å². The summed E-state index contributed by atoms with van der Waals surface area (Å²) in [6.07, 6.45) is 11.3. The van der Waals surface area contributed by atoms with E-state index < -0.39 is 6.10 Å². The number of rotatable bonds is 5. The number of aliphatic hydroxyl groups excluding tert-OH is 1. The summed E-state index contributed by atoms with van der Waals surface area (Å²) in [6.45, 7) is 2.06. The number of aliphatic hydroxyl groups is 1. The van der Waals surface area contributed by atoms with Crippen LogP contribution in [-0.2, 0) is 13.5 Å². The minimum Gasteiger partial charge on any atom is -0.391 e. The van der Waals surface area contributed by atoms with Crippen molar-refractivity contribution in [2.24, 2.45) is 7.05 Å². The Morgan fingerprint density at radius 2 is 1.97 bits per heavy atom. The minimum atomic E-state index is -0.485. The van der Waals surface area contributed by atoms with Crippen molar-refractivity contribution in [1.29, 1.82) is 0 Å². The number of benzene rings is 1. The Morgan fingerprint density at radius 3 is 2.70 bits per heavy atom. The van der Waals surface area contributed by atoms with Crippen LogP contribution in [0.3, 0.4) is 0 Å². The molecule has 1 aliphatic carbocycles. The lowest BCUT2D eigenvalue weighted by molar-refractivity contribution is 0.0718. The molecule has 5 rings (SSSR count). The molecule has 7 heteroatoms. The van der Waals surface area contributed by atoms with Crippen molar-refractivity contribution in [2.75, 3.05) is 0 Å². The molecule has 0 unspecified atom stereocenters. The van der Waals surface area contributed by atoms with Crippen molar-refractivity contribution >= 4 is 11.6 Å². The predicted octanol–water partition coefficient (Wildman–Crippen LogP) is 3.67. The summed E-state index contributed by atoms with van der Waals surface area (Å²) in [5.41, 5.74) is 6.70. The van der Waals surface area contributed by atoms with Gasteiger partial charge in [-0.2, -0.15) is 5.10 Å². The maximum Gasteiger partial charge on any atom is 0.255 e. The zero-order valence-corrected chi connectivity index (χ0v) is 19.0. The van der Waals surface area contributed by atoms with Gasteiger partial charge in [0.25, 0.3) is 5.91 Å². The molecule has 170 valence electrons. The van der Waals surface area contributed by atoms with Crippen molar-refractivity contribution in [1.82, 2.24) is 24.5 Å². The average molecular weight is 444 g/mol. The molecule has 1 fully saturated rings. The molecule has 0 spiro atoms. The van der Waals surface area contributed by atoms with Gasteiger partial charge in [-0.1, -0.05) is 37.1 Å². The molecule has 1 saturated carbocycles. The summed E-state index contributed by atoms with van der Waals surface area (Å²) in [6, 6.07) is 10.2. The number of aromatic nitrogens is 4. The Morgan fingerprint density at radius 1 is 1.18 bits per heavy atom. The molecule has 33 heavy (non-hydrogen) atoms. The van der Waals surface area contributed by atoms with Crippen molar-refractivity contribution in [3.8, 4) is 11.1 Å². The zero-order valence-electron chi connectivity index (χ0n) is 19.0. The van der Waals surface area contributed by atoms with Crippen LogP contribution in [0.2, 0.25) is 0 Å². The number of hydrogen-bond acceptors (Lipinski definition) is 4. The Hall–Kier alpha value is -3.45. The van der Waals surface area contributed by atoms with Crippen molar-refractivity contribution in [2.45, 2.75) is 51.2 Å². The summed E-state index contributed by atoms with van der Waals surface area (Å²) in [7, 11) is 1.91. The molecular weight excluding hydrogens is 414 g/mol. The number of fused-ring (bicyclic) bond motifs is 1. The molecular formula is C26H29N5O2. The van der Waals surface area contributed by atoms with Crippen molar-refractivity contribution < 1.29 is 9.90 Å². The van der Waals surface area contributed by atoms with Crippen LogP contribution in [0.15, 0.2) is 55.1 Å². The molecule has 0 aliphatic heterocycles. The van der Waals surface area contributed by atoms with E-state index in [2.05, 4.69) is 46.6 Å².